The van der Waals surface area contributed by atoms with E-state index in [1.807, 2.05) is 27.7 Å². The number of amides is 1. The van der Waals surface area contributed by atoms with Crippen molar-refractivity contribution in [2.45, 2.75) is 46.1 Å². The van der Waals surface area contributed by atoms with Gasteiger partial charge >= 0.3 is 6.09 Å². The maximum atomic E-state index is 15.3. The molecule has 31 heavy (non-hydrogen) atoms. The van der Waals surface area contributed by atoms with E-state index in [9.17, 15) is 4.79 Å². The van der Waals surface area contributed by atoms with Crippen LogP contribution in [0.25, 0.3) is 21.9 Å². The van der Waals surface area contributed by atoms with E-state index in [1.165, 1.54) is 6.20 Å². The van der Waals surface area contributed by atoms with E-state index in [2.05, 4.69) is 9.97 Å². The highest BCUT2D eigenvalue weighted by Crippen LogP contribution is 2.40. The molecule has 1 aliphatic heterocycles. The van der Waals surface area contributed by atoms with Crippen LogP contribution in [0.1, 0.15) is 38.4 Å². The van der Waals surface area contributed by atoms with Gasteiger partial charge in [0, 0.05) is 35.5 Å². The number of ether oxygens (including phenoxy) is 1. The van der Waals surface area contributed by atoms with Gasteiger partial charge in [-0.2, -0.15) is 0 Å². The van der Waals surface area contributed by atoms with E-state index in [1.54, 1.807) is 23.2 Å². The number of halogens is 2. The second-order valence-electron chi connectivity index (χ2n) is 8.71. The minimum atomic E-state index is -0.625. The zero-order chi connectivity index (χ0) is 22.5. The number of aryl methyl sites for hydroxylation is 1. The number of nitrogens with two attached hydrogens (primary N) is 1. The van der Waals surface area contributed by atoms with Crippen molar-refractivity contribution in [1.82, 2.24) is 9.97 Å². The SMILES string of the molecule is Cc1c(-c2cc3cc(N)ncc3c(Cl)c2F)cnc2c1N(C(=O)OC(C)(C)C)CCC2. The highest BCUT2D eigenvalue weighted by atomic mass is 35.5. The Labute approximate surface area is 185 Å². The first-order valence-electron chi connectivity index (χ1n) is 10.1. The first-order chi connectivity index (χ1) is 14.6. The molecule has 8 heteroatoms. The smallest absolute Gasteiger partial charge is 0.414 e. The van der Waals surface area contributed by atoms with Crippen LogP contribution in [-0.2, 0) is 11.2 Å². The molecule has 1 aliphatic rings. The number of hydrogen-bond acceptors (Lipinski definition) is 5. The molecule has 6 nitrogen and oxygen atoms in total. The average Bonchev–Trinajstić information content (AvgIpc) is 2.69. The summed E-state index contributed by atoms with van der Waals surface area (Å²) in [6.07, 6.45) is 4.17. The van der Waals surface area contributed by atoms with Crippen molar-refractivity contribution in [3.63, 3.8) is 0 Å². The third-order valence-electron chi connectivity index (χ3n) is 5.27. The predicted octanol–water partition coefficient (Wildman–Crippen LogP) is 5.67. The van der Waals surface area contributed by atoms with Crippen molar-refractivity contribution in [2.75, 3.05) is 17.2 Å². The number of benzene rings is 1. The summed E-state index contributed by atoms with van der Waals surface area (Å²) in [6.45, 7) is 7.84. The number of nitrogen functional groups attached to an aromatic ring is 1. The van der Waals surface area contributed by atoms with Gasteiger partial charge in [-0.3, -0.25) is 9.88 Å². The van der Waals surface area contributed by atoms with Crippen LogP contribution in [-0.4, -0.2) is 28.2 Å². The van der Waals surface area contributed by atoms with Gasteiger partial charge in [0.1, 0.15) is 17.2 Å². The summed E-state index contributed by atoms with van der Waals surface area (Å²) in [7, 11) is 0. The number of pyridine rings is 2. The fourth-order valence-electron chi connectivity index (χ4n) is 3.92. The molecular weight excluding hydrogens is 419 g/mol. The Kier molecular flexibility index (Phi) is 5.25. The van der Waals surface area contributed by atoms with Crippen molar-refractivity contribution < 1.29 is 13.9 Å². The summed E-state index contributed by atoms with van der Waals surface area (Å²) < 4.78 is 20.9. The van der Waals surface area contributed by atoms with E-state index < -0.39 is 17.5 Å². The Morgan fingerprint density at radius 3 is 2.68 bits per heavy atom. The van der Waals surface area contributed by atoms with Gasteiger partial charge in [0.2, 0.25) is 0 Å². The fraction of sp³-hybridized carbons (Fsp3) is 0.348. The summed E-state index contributed by atoms with van der Waals surface area (Å²) in [6, 6.07) is 3.34. The van der Waals surface area contributed by atoms with E-state index in [4.69, 9.17) is 22.1 Å². The van der Waals surface area contributed by atoms with Gasteiger partial charge in [-0.15, -0.1) is 0 Å². The lowest BCUT2D eigenvalue weighted by Gasteiger charge is -2.33. The van der Waals surface area contributed by atoms with Crippen molar-refractivity contribution in [2.24, 2.45) is 0 Å². The number of nitrogens with zero attached hydrogens (tertiary/aromatic N) is 3. The number of anilines is 2. The molecule has 2 N–H and O–H groups in total. The molecule has 0 atom stereocenters. The molecule has 0 saturated carbocycles. The summed E-state index contributed by atoms with van der Waals surface area (Å²) in [4.78, 5) is 23.0. The van der Waals surface area contributed by atoms with E-state index in [-0.39, 0.29) is 5.02 Å². The predicted molar refractivity (Wildman–Crippen MR) is 121 cm³/mol. The average molecular weight is 443 g/mol. The topological polar surface area (TPSA) is 81.3 Å². The van der Waals surface area contributed by atoms with Gasteiger partial charge in [0.05, 0.1) is 16.4 Å². The molecule has 4 rings (SSSR count). The van der Waals surface area contributed by atoms with Crippen LogP contribution in [0.5, 0.6) is 0 Å². The first-order valence-corrected chi connectivity index (χ1v) is 10.5. The Balaban J connectivity index is 1.88. The molecule has 0 bridgehead atoms. The van der Waals surface area contributed by atoms with Gasteiger partial charge in [0.15, 0.2) is 0 Å². The molecule has 0 spiro atoms. The molecule has 0 aliphatic carbocycles. The molecule has 3 aromatic rings. The number of carbonyl (C=O) groups is 1. The molecular formula is C23H24ClFN4O2. The molecule has 0 saturated heterocycles. The van der Waals surface area contributed by atoms with Crippen LogP contribution >= 0.6 is 11.6 Å². The lowest BCUT2D eigenvalue weighted by atomic mass is 9.95. The standard InChI is InChI=1S/C23H24ClFN4O2/c1-12-15(14-8-13-9-18(26)28-11-16(13)19(24)20(14)25)10-27-17-6-5-7-29(21(12)17)22(30)31-23(2,3)4/h8-11H,5-7H2,1-4H3,(H2,26,28). The van der Waals surface area contributed by atoms with E-state index in [0.717, 1.165) is 24.1 Å². The molecule has 2 aromatic heterocycles. The van der Waals surface area contributed by atoms with Crippen LogP contribution < -0.4 is 10.6 Å². The Hall–Kier alpha value is -2.93. The van der Waals surface area contributed by atoms with Gasteiger partial charge in [-0.05, 0) is 63.6 Å². The normalized spacial score (nSPS) is 13.9. The van der Waals surface area contributed by atoms with Gasteiger partial charge < -0.3 is 10.5 Å². The maximum Gasteiger partial charge on any atom is 0.414 e. The van der Waals surface area contributed by atoms with Gasteiger partial charge in [0.25, 0.3) is 0 Å². The van der Waals surface area contributed by atoms with Crippen LogP contribution in [0.15, 0.2) is 24.5 Å². The first kappa shape index (κ1) is 21.3. The van der Waals surface area contributed by atoms with Crippen molar-refractivity contribution in [1.29, 1.82) is 0 Å². The highest BCUT2D eigenvalue weighted by molar-refractivity contribution is 6.36. The third-order valence-corrected chi connectivity index (χ3v) is 5.64. The lowest BCUT2D eigenvalue weighted by molar-refractivity contribution is 0.0577. The maximum absolute atomic E-state index is 15.3. The Morgan fingerprint density at radius 2 is 1.97 bits per heavy atom. The van der Waals surface area contributed by atoms with Crippen molar-refractivity contribution in [3.8, 4) is 11.1 Å². The summed E-state index contributed by atoms with van der Waals surface area (Å²) in [5.41, 5.74) is 8.24. The van der Waals surface area contributed by atoms with Crippen molar-refractivity contribution in [3.05, 3.63) is 46.6 Å². The molecule has 1 aromatic carbocycles. The van der Waals surface area contributed by atoms with Crippen molar-refractivity contribution >= 4 is 40.0 Å². The largest absolute Gasteiger partial charge is 0.443 e. The zero-order valence-electron chi connectivity index (χ0n) is 17.9. The number of hydrogen-bond donors (Lipinski definition) is 1. The number of rotatable bonds is 1. The summed E-state index contributed by atoms with van der Waals surface area (Å²) >= 11 is 6.32. The number of aromatic nitrogens is 2. The van der Waals surface area contributed by atoms with Gasteiger partial charge in [-0.1, -0.05) is 11.6 Å². The number of carbonyl (C=O) groups excluding carboxylic acids is 1. The van der Waals surface area contributed by atoms with E-state index in [0.29, 0.717) is 39.9 Å². The number of fused-ring (bicyclic) bond motifs is 2. The monoisotopic (exact) mass is 442 g/mol. The Morgan fingerprint density at radius 1 is 1.23 bits per heavy atom. The second kappa shape index (κ2) is 7.64. The van der Waals surface area contributed by atoms with Crippen LogP contribution in [0.3, 0.4) is 0 Å². The molecule has 3 heterocycles. The summed E-state index contributed by atoms with van der Waals surface area (Å²) in [5, 5.41) is 1.13. The molecule has 0 unspecified atom stereocenters. The minimum Gasteiger partial charge on any atom is -0.443 e. The molecule has 0 fully saturated rings. The molecule has 1 amide bonds. The molecule has 0 radical (unpaired) electrons. The van der Waals surface area contributed by atoms with Crippen LogP contribution in [0, 0.1) is 12.7 Å². The lowest BCUT2D eigenvalue weighted by Crippen LogP contribution is -2.40. The van der Waals surface area contributed by atoms with Crippen LogP contribution in [0.2, 0.25) is 5.02 Å². The second-order valence-corrected chi connectivity index (χ2v) is 9.09. The van der Waals surface area contributed by atoms with Crippen LogP contribution in [0.4, 0.5) is 20.7 Å². The fourth-order valence-corrected chi connectivity index (χ4v) is 4.17. The Bertz CT molecular complexity index is 1210. The highest BCUT2D eigenvalue weighted by Gasteiger charge is 2.31. The zero-order valence-corrected chi connectivity index (χ0v) is 18.7. The summed E-state index contributed by atoms with van der Waals surface area (Å²) in [5.74, 6) is -0.247. The minimum absolute atomic E-state index is 0.0267. The third kappa shape index (κ3) is 3.90. The van der Waals surface area contributed by atoms with E-state index >= 15 is 4.39 Å². The quantitative estimate of drug-likeness (QED) is 0.525. The van der Waals surface area contributed by atoms with Gasteiger partial charge in [-0.25, -0.2) is 14.2 Å². The molecule has 162 valence electrons.